The van der Waals surface area contributed by atoms with Crippen molar-refractivity contribution in [2.75, 3.05) is 0 Å². The Morgan fingerprint density at radius 1 is 1.37 bits per heavy atom. The number of nitriles is 1. The summed E-state index contributed by atoms with van der Waals surface area (Å²) in [6.07, 6.45) is 0. The van der Waals surface area contributed by atoms with Gasteiger partial charge in [0, 0.05) is 10.6 Å². The van der Waals surface area contributed by atoms with E-state index in [1.165, 1.54) is 6.07 Å². The second kappa shape index (κ2) is 5.09. The zero-order chi connectivity index (χ0) is 14.0. The van der Waals surface area contributed by atoms with Crippen molar-refractivity contribution in [3.63, 3.8) is 0 Å². The van der Waals surface area contributed by atoms with Crippen LogP contribution in [0.15, 0.2) is 30.3 Å². The van der Waals surface area contributed by atoms with E-state index in [2.05, 4.69) is 4.98 Å². The molecule has 0 unspecified atom stereocenters. The van der Waals surface area contributed by atoms with Crippen molar-refractivity contribution < 1.29 is 4.79 Å². The molecule has 4 nitrogen and oxygen atoms in total. The minimum Gasteiger partial charge on any atom is -0.366 e. The molecule has 0 aliphatic carbocycles. The highest BCUT2D eigenvalue weighted by atomic mass is 35.5. The predicted octanol–water partition coefficient (Wildman–Crippen LogP) is 2.68. The van der Waals surface area contributed by atoms with E-state index in [-0.39, 0.29) is 11.1 Å². The zero-order valence-corrected chi connectivity index (χ0v) is 10.9. The minimum absolute atomic E-state index is 0.181. The van der Waals surface area contributed by atoms with Gasteiger partial charge in [0.05, 0.1) is 22.5 Å². The third-order valence-corrected chi connectivity index (χ3v) is 2.97. The Labute approximate surface area is 115 Å². The number of carbonyl (C=O) groups is 1. The molecule has 0 atom stereocenters. The molecule has 2 N–H and O–H groups in total. The van der Waals surface area contributed by atoms with Gasteiger partial charge in [-0.3, -0.25) is 9.78 Å². The highest BCUT2D eigenvalue weighted by molar-refractivity contribution is 6.30. The van der Waals surface area contributed by atoms with Crippen LogP contribution in [-0.2, 0) is 0 Å². The fourth-order valence-electron chi connectivity index (χ4n) is 1.78. The van der Waals surface area contributed by atoms with Gasteiger partial charge in [-0.25, -0.2) is 0 Å². The largest absolute Gasteiger partial charge is 0.366 e. The summed E-state index contributed by atoms with van der Waals surface area (Å²) in [6.45, 7) is 1.67. The number of carbonyl (C=O) groups excluding carboxylic acids is 1. The van der Waals surface area contributed by atoms with Gasteiger partial charge < -0.3 is 5.73 Å². The Balaban J connectivity index is 2.64. The van der Waals surface area contributed by atoms with Gasteiger partial charge >= 0.3 is 0 Å². The summed E-state index contributed by atoms with van der Waals surface area (Å²) in [5.41, 5.74) is 7.55. The highest BCUT2D eigenvalue weighted by Crippen LogP contribution is 2.23. The number of aromatic nitrogens is 1. The molecule has 0 saturated carbocycles. The standard InChI is InChI=1S/C14H10ClN3O/c1-8-12(7-16)11(14(17)19)6-13(18-8)9-2-4-10(15)5-3-9/h2-6H,1H3,(H2,17,19). The average molecular weight is 272 g/mol. The first kappa shape index (κ1) is 13.1. The Morgan fingerprint density at radius 3 is 2.53 bits per heavy atom. The van der Waals surface area contributed by atoms with Crippen LogP contribution >= 0.6 is 11.6 Å². The van der Waals surface area contributed by atoms with Crippen molar-refractivity contribution >= 4 is 17.5 Å². The molecule has 0 aliphatic heterocycles. The van der Waals surface area contributed by atoms with Gasteiger partial charge in [0.2, 0.25) is 5.91 Å². The lowest BCUT2D eigenvalue weighted by Gasteiger charge is -2.07. The van der Waals surface area contributed by atoms with E-state index >= 15 is 0 Å². The van der Waals surface area contributed by atoms with E-state index in [9.17, 15) is 4.79 Å². The van der Waals surface area contributed by atoms with Crippen molar-refractivity contribution in [3.05, 3.63) is 52.2 Å². The van der Waals surface area contributed by atoms with E-state index in [1.807, 2.05) is 6.07 Å². The molecule has 0 aliphatic rings. The van der Waals surface area contributed by atoms with Crippen molar-refractivity contribution in [2.24, 2.45) is 5.73 Å². The van der Waals surface area contributed by atoms with E-state index < -0.39 is 5.91 Å². The number of halogens is 1. The second-order valence-corrected chi connectivity index (χ2v) is 4.43. The van der Waals surface area contributed by atoms with Crippen LogP contribution in [0.4, 0.5) is 0 Å². The van der Waals surface area contributed by atoms with Crippen molar-refractivity contribution in [1.82, 2.24) is 4.98 Å². The second-order valence-electron chi connectivity index (χ2n) is 4.00. The molecule has 0 bridgehead atoms. The maximum Gasteiger partial charge on any atom is 0.250 e. The summed E-state index contributed by atoms with van der Waals surface area (Å²) in [6, 6.07) is 10.5. The number of primary amides is 1. The number of pyridine rings is 1. The Morgan fingerprint density at radius 2 is 2.00 bits per heavy atom. The molecule has 1 aromatic heterocycles. The number of rotatable bonds is 2. The molecule has 1 amide bonds. The summed E-state index contributed by atoms with van der Waals surface area (Å²) in [7, 11) is 0. The number of benzene rings is 1. The summed E-state index contributed by atoms with van der Waals surface area (Å²) in [4.78, 5) is 15.7. The van der Waals surface area contributed by atoms with Crippen molar-refractivity contribution in [1.29, 1.82) is 5.26 Å². The normalized spacial score (nSPS) is 9.95. The SMILES string of the molecule is Cc1nc(-c2ccc(Cl)cc2)cc(C(N)=O)c1C#N. The maximum atomic E-state index is 11.4. The molecule has 0 saturated heterocycles. The van der Waals surface area contributed by atoms with Gasteiger partial charge in [0.25, 0.3) is 0 Å². The molecular weight excluding hydrogens is 262 g/mol. The van der Waals surface area contributed by atoms with Crippen LogP contribution in [0.5, 0.6) is 0 Å². The first-order valence-corrected chi connectivity index (χ1v) is 5.88. The van der Waals surface area contributed by atoms with Crippen LogP contribution in [0.3, 0.4) is 0 Å². The van der Waals surface area contributed by atoms with Crippen LogP contribution < -0.4 is 5.73 Å². The first-order chi connectivity index (χ1) is 9.02. The average Bonchev–Trinajstić information content (AvgIpc) is 2.38. The molecule has 19 heavy (non-hydrogen) atoms. The first-order valence-electron chi connectivity index (χ1n) is 5.50. The predicted molar refractivity (Wildman–Crippen MR) is 72.7 cm³/mol. The summed E-state index contributed by atoms with van der Waals surface area (Å²) in [5.74, 6) is -0.641. The number of nitrogens with two attached hydrogens (primary N) is 1. The van der Waals surface area contributed by atoms with E-state index in [1.54, 1.807) is 31.2 Å². The van der Waals surface area contributed by atoms with Crippen LogP contribution in [0.25, 0.3) is 11.3 Å². The Bertz CT molecular complexity index is 687. The summed E-state index contributed by atoms with van der Waals surface area (Å²) in [5, 5.41) is 9.65. The highest BCUT2D eigenvalue weighted by Gasteiger charge is 2.14. The van der Waals surface area contributed by atoms with Gasteiger partial charge in [-0.15, -0.1) is 0 Å². The van der Waals surface area contributed by atoms with Crippen molar-refractivity contribution in [3.8, 4) is 17.3 Å². The molecule has 2 aromatic rings. The molecule has 1 heterocycles. The van der Waals surface area contributed by atoms with E-state index in [0.29, 0.717) is 16.4 Å². The Kier molecular flexibility index (Phi) is 3.50. The minimum atomic E-state index is -0.641. The fourth-order valence-corrected chi connectivity index (χ4v) is 1.90. The Hall–Kier alpha value is -2.38. The quantitative estimate of drug-likeness (QED) is 0.912. The summed E-state index contributed by atoms with van der Waals surface area (Å²) >= 11 is 5.82. The third kappa shape index (κ3) is 2.56. The topological polar surface area (TPSA) is 79.8 Å². The molecule has 0 fully saturated rings. The van der Waals surface area contributed by atoms with Crippen LogP contribution in [0.1, 0.15) is 21.6 Å². The molecule has 0 spiro atoms. The molecular formula is C14H10ClN3O. The fraction of sp³-hybridized carbons (Fsp3) is 0.0714. The van der Waals surface area contributed by atoms with Crippen LogP contribution in [0, 0.1) is 18.3 Å². The lowest BCUT2D eigenvalue weighted by atomic mass is 10.0. The number of nitrogens with zero attached hydrogens (tertiary/aromatic N) is 2. The molecule has 5 heteroatoms. The van der Waals surface area contributed by atoms with E-state index in [4.69, 9.17) is 22.6 Å². The van der Waals surface area contributed by atoms with Gasteiger partial charge in [-0.1, -0.05) is 23.7 Å². The maximum absolute atomic E-state index is 11.4. The molecule has 94 valence electrons. The smallest absolute Gasteiger partial charge is 0.250 e. The monoisotopic (exact) mass is 271 g/mol. The van der Waals surface area contributed by atoms with Gasteiger partial charge in [-0.05, 0) is 25.1 Å². The lowest BCUT2D eigenvalue weighted by molar-refractivity contribution is 0.1000. The number of hydrogen-bond acceptors (Lipinski definition) is 3. The van der Waals surface area contributed by atoms with Crippen LogP contribution in [0.2, 0.25) is 5.02 Å². The number of aryl methyl sites for hydroxylation is 1. The third-order valence-electron chi connectivity index (χ3n) is 2.72. The van der Waals surface area contributed by atoms with Gasteiger partial charge in [-0.2, -0.15) is 5.26 Å². The van der Waals surface area contributed by atoms with Crippen LogP contribution in [-0.4, -0.2) is 10.9 Å². The van der Waals surface area contributed by atoms with Gasteiger partial charge in [0.1, 0.15) is 6.07 Å². The molecule has 1 aromatic carbocycles. The lowest BCUT2D eigenvalue weighted by Crippen LogP contribution is -2.14. The van der Waals surface area contributed by atoms with Gasteiger partial charge in [0.15, 0.2) is 0 Å². The summed E-state index contributed by atoms with van der Waals surface area (Å²) < 4.78 is 0. The number of amides is 1. The zero-order valence-electron chi connectivity index (χ0n) is 10.1. The van der Waals surface area contributed by atoms with E-state index in [0.717, 1.165) is 5.56 Å². The molecule has 0 radical (unpaired) electrons. The number of hydrogen-bond donors (Lipinski definition) is 1. The molecule has 2 rings (SSSR count). The van der Waals surface area contributed by atoms with Crippen molar-refractivity contribution in [2.45, 2.75) is 6.92 Å².